The third-order valence-electron chi connectivity index (χ3n) is 16.0. The molecule has 406 valence electrons. The van der Waals surface area contributed by atoms with Crippen LogP contribution in [0.4, 0.5) is 17.6 Å². The van der Waals surface area contributed by atoms with Crippen LogP contribution in [0.5, 0.6) is 5.75 Å². The van der Waals surface area contributed by atoms with Gasteiger partial charge in [0.2, 0.25) is 11.8 Å². The number of carboxylic acids is 2. The molecule has 4 aliphatic rings. The number of halogens is 5. The molecule has 4 saturated heterocycles. The Labute approximate surface area is 449 Å². The largest absolute Gasteiger partial charge is 0.497 e. The Balaban J connectivity index is 0.000000188. The number of aromatic nitrogens is 2. The normalized spacial score (nSPS) is 18.7. The van der Waals surface area contributed by atoms with Gasteiger partial charge in [-0.3, -0.25) is 29.0 Å². The Kier molecular flexibility index (Phi) is 17.5. The van der Waals surface area contributed by atoms with E-state index in [0.29, 0.717) is 94.9 Å². The Hall–Kier alpha value is -6.95. The van der Waals surface area contributed by atoms with Crippen molar-refractivity contribution in [1.82, 2.24) is 29.6 Å². The van der Waals surface area contributed by atoms with Gasteiger partial charge in [-0.15, -0.1) is 0 Å². The van der Waals surface area contributed by atoms with Crippen LogP contribution in [0, 0.1) is 35.1 Å². The summed E-state index contributed by atoms with van der Waals surface area (Å²) in [6, 6.07) is 16.9. The number of fused-ring (bicyclic) bond motifs is 2. The van der Waals surface area contributed by atoms with Gasteiger partial charge in [0.15, 0.2) is 0 Å². The Morgan fingerprint density at radius 3 is 1.42 bits per heavy atom. The molecule has 77 heavy (non-hydrogen) atoms. The summed E-state index contributed by atoms with van der Waals surface area (Å²) in [7, 11) is 1.66. The lowest BCUT2D eigenvalue weighted by molar-refractivity contribution is -0.148. The molecule has 0 bridgehead atoms. The number of carbonyl (C=O) groups excluding carboxylic acids is 2. The van der Waals surface area contributed by atoms with E-state index >= 15 is 0 Å². The maximum absolute atomic E-state index is 13.4. The van der Waals surface area contributed by atoms with E-state index in [1.807, 2.05) is 42.6 Å². The molecule has 6 heterocycles. The third kappa shape index (κ3) is 13.3. The maximum Gasteiger partial charge on any atom is 0.321 e. The predicted molar refractivity (Wildman–Crippen MR) is 287 cm³/mol. The van der Waals surface area contributed by atoms with Crippen LogP contribution in [-0.4, -0.2) is 135 Å². The number of nitrogens with one attached hydrogen (secondary N) is 2. The van der Waals surface area contributed by atoms with E-state index in [1.165, 1.54) is 35.4 Å². The average molecular weight is 1080 g/mol. The summed E-state index contributed by atoms with van der Waals surface area (Å²) in [6.07, 6.45) is 15.4. The van der Waals surface area contributed by atoms with E-state index in [2.05, 4.69) is 26.0 Å². The van der Waals surface area contributed by atoms with E-state index in [-0.39, 0.29) is 34.8 Å². The first-order valence-corrected chi connectivity index (χ1v) is 26.7. The minimum Gasteiger partial charge on any atom is -0.497 e. The van der Waals surface area contributed by atoms with Crippen LogP contribution in [0.2, 0.25) is 5.02 Å². The summed E-state index contributed by atoms with van der Waals surface area (Å²) >= 11 is 6.12. The zero-order chi connectivity index (χ0) is 54.3. The minimum absolute atomic E-state index is 0.0513. The molecular formula is C59H63ClF4N6O7. The molecule has 0 aliphatic carbocycles. The van der Waals surface area contributed by atoms with Crippen molar-refractivity contribution in [2.75, 3.05) is 59.5 Å². The minimum atomic E-state index is -0.817. The van der Waals surface area contributed by atoms with Crippen molar-refractivity contribution in [2.24, 2.45) is 11.8 Å². The lowest BCUT2D eigenvalue weighted by Gasteiger charge is -2.41. The number of likely N-dealkylation sites (tertiary alicyclic amines) is 4. The molecule has 10 rings (SSSR count). The zero-order valence-corrected chi connectivity index (χ0v) is 43.5. The summed E-state index contributed by atoms with van der Waals surface area (Å²) < 4.78 is 59.0. The van der Waals surface area contributed by atoms with Gasteiger partial charge in [0, 0.05) is 89.7 Å². The fourth-order valence-corrected chi connectivity index (χ4v) is 12.3. The van der Waals surface area contributed by atoms with Crippen LogP contribution in [0.1, 0.15) is 85.5 Å². The average Bonchev–Trinajstić information content (AvgIpc) is 4.05. The number of nitrogens with zero attached hydrogens (tertiary/aromatic N) is 4. The molecule has 2 unspecified atom stereocenters. The third-order valence-corrected chi connectivity index (χ3v) is 16.3. The first-order valence-electron chi connectivity index (χ1n) is 26.3. The maximum atomic E-state index is 13.4. The molecular weight excluding hydrogens is 1020 g/mol. The fraction of sp³-hybridized carbons (Fsp3) is 0.390. The molecule has 0 saturated carbocycles. The number of rotatable bonds is 13. The van der Waals surface area contributed by atoms with E-state index in [4.69, 9.17) is 16.3 Å². The van der Waals surface area contributed by atoms with Gasteiger partial charge in [0.25, 0.3) is 0 Å². The van der Waals surface area contributed by atoms with Crippen LogP contribution in [-0.2, 0) is 19.2 Å². The summed E-state index contributed by atoms with van der Waals surface area (Å²) in [5.41, 5.74) is 5.13. The van der Waals surface area contributed by atoms with Crippen molar-refractivity contribution in [1.29, 1.82) is 0 Å². The summed E-state index contributed by atoms with van der Waals surface area (Å²) in [5, 5.41) is 23.3. The number of carboxylic acid groups (broad SMARTS) is 2. The van der Waals surface area contributed by atoms with Crippen molar-refractivity contribution < 1.29 is 51.7 Å². The molecule has 2 aromatic heterocycles. The lowest BCUT2D eigenvalue weighted by atomic mass is 9.84. The zero-order valence-electron chi connectivity index (χ0n) is 42.8. The molecule has 18 heteroatoms. The highest BCUT2D eigenvalue weighted by Gasteiger charge is 2.40. The topological polar surface area (TPSA) is 163 Å². The van der Waals surface area contributed by atoms with Gasteiger partial charge in [0.05, 0.1) is 7.11 Å². The first-order chi connectivity index (χ1) is 37.1. The number of aromatic amines is 2. The van der Waals surface area contributed by atoms with Crippen LogP contribution in [0.3, 0.4) is 0 Å². The van der Waals surface area contributed by atoms with Gasteiger partial charge in [-0.05, 0) is 190 Å². The standard InChI is InChI=1S/C30H33F2N3O4.C29H30ClF2N3O3/c1-39-24-3-4-27-25(17-24)26(18-33-27)20-6-12-35(13-7-20)29(30(37)38)21-8-10-34(11-9-21)28(36)5-2-19-14-22(31)16-23(32)15-19;30-21-2-3-24-25(17-33-26(24)15-21)19-5-11-35(12-6-19)28(29(37)38)20-7-9-34(10-8-20)27(36)4-1-18-13-22(31)16-23(32)14-18/h2-5,14-18,20-21,29,33H,6-13H2,1H3,(H,37,38);1-4,13-17,19-20,28,33H,5-12H2,(H,37,38)/b5-2+;4-1+. The molecule has 2 atom stereocenters. The van der Waals surface area contributed by atoms with E-state index < -0.39 is 47.3 Å². The molecule has 0 spiro atoms. The molecule has 4 aliphatic heterocycles. The number of ether oxygens (including phenoxy) is 1. The summed E-state index contributed by atoms with van der Waals surface area (Å²) in [6.45, 7) is 4.59. The number of H-pyrrole nitrogens is 2. The first kappa shape index (κ1) is 54.8. The number of amides is 2. The van der Waals surface area contributed by atoms with Gasteiger partial charge in [-0.2, -0.15) is 0 Å². The number of piperidine rings is 4. The Bertz CT molecular complexity index is 3110. The van der Waals surface area contributed by atoms with E-state index in [1.54, 1.807) is 16.9 Å². The molecule has 4 N–H and O–H groups in total. The van der Waals surface area contributed by atoms with Gasteiger partial charge in [-0.1, -0.05) is 17.7 Å². The molecule has 0 radical (unpaired) electrons. The highest BCUT2D eigenvalue weighted by Crippen LogP contribution is 2.38. The highest BCUT2D eigenvalue weighted by atomic mass is 35.5. The molecule has 2 amide bonds. The van der Waals surface area contributed by atoms with Crippen molar-refractivity contribution >= 4 is 69.3 Å². The number of benzene rings is 4. The van der Waals surface area contributed by atoms with E-state index in [0.717, 1.165) is 89.6 Å². The van der Waals surface area contributed by atoms with Gasteiger partial charge >= 0.3 is 11.9 Å². The number of methoxy groups -OCH3 is 1. The quantitative estimate of drug-likeness (QED) is 0.0651. The second-order valence-corrected chi connectivity index (χ2v) is 21.1. The van der Waals surface area contributed by atoms with Crippen molar-refractivity contribution in [3.63, 3.8) is 0 Å². The van der Waals surface area contributed by atoms with E-state index in [9.17, 15) is 47.0 Å². The summed E-state index contributed by atoms with van der Waals surface area (Å²) in [4.78, 5) is 64.1. The summed E-state index contributed by atoms with van der Waals surface area (Å²) in [5.74, 6) is -3.53. The van der Waals surface area contributed by atoms with Crippen LogP contribution >= 0.6 is 11.6 Å². The Morgan fingerprint density at radius 1 is 0.558 bits per heavy atom. The lowest BCUT2D eigenvalue weighted by Crippen LogP contribution is -2.52. The SMILES string of the molecule is COc1ccc2[nH]cc(C3CCN(C(C(=O)O)C4CCN(C(=O)/C=C/c5cc(F)cc(F)c5)CC4)CC3)c2c1.O=C(O)C(C1CCN(C(=O)/C=C/c2cc(F)cc(F)c2)CC1)N1CCC(c2c[nH]c3cc(Cl)ccc23)CC1. The monoisotopic (exact) mass is 1080 g/mol. The molecule has 4 fully saturated rings. The van der Waals surface area contributed by atoms with Gasteiger partial charge in [-0.25, -0.2) is 17.6 Å². The van der Waals surface area contributed by atoms with Crippen LogP contribution in [0.25, 0.3) is 34.0 Å². The number of hydrogen-bond donors (Lipinski definition) is 4. The number of hydrogen-bond acceptors (Lipinski definition) is 7. The van der Waals surface area contributed by atoms with Gasteiger partial charge in [0.1, 0.15) is 41.1 Å². The van der Waals surface area contributed by atoms with Crippen LogP contribution in [0.15, 0.2) is 97.3 Å². The molecule has 13 nitrogen and oxygen atoms in total. The van der Waals surface area contributed by atoms with Crippen molar-refractivity contribution in [3.05, 3.63) is 148 Å². The molecule has 6 aromatic rings. The van der Waals surface area contributed by atoms with Crippen LogP contribution < -0.4 is 4.74 Å². The van der Waals surface area contributed by atoms with Crippen molar-refractivity contribution in [2.45, 2.75) is 75.3 Å². The number of carbonyl (C=O) groups is 4. The fourth-order valence-electron chi connectivity index (χ4n) is 12.1. The molecule has 4 aromatic carbocycles. The Morgan fingerprint density at radius 2 is 0.987 bits per heavy atom. The predicted octanol–water partition coefficient (Wildman–Crippen LogP) is 10.7. The van der Waals surface area contributed by atoms with Crippen molar-refractivity contribution in [3.8, 4) is 5.75 Å². The van der Waals surface area contributed by atoms with Gasteiger partial charge < -0.3 is 34.7 Å². The highest BCUT2D eigenvalue weighted by molar-refractivity contribution is 6.31. The smallest absolute Gasteiger partial charge is 0.321 e. The second kappa shape index (κ2) is 24.6. The second-order valence-electron chi connectivity index (χ2n) is 20.7. The number of aliphatic carboxylic acids is 2.